The average molecular weight is 407 g/mol. The molecule has 0 bridgehead atoms. The maximum atomic E-state index is 12.8. The fourth-order valence-electron chi connectivity index (χ4n) is 4.43. The molecule has 0 atom stereocenters. The first kappa shape index (κ1) is 20.9. The Labute approximate surface area is 180 Å². The Morgan fingerprint density at radius 1 is 0.800 bits per heavy atom. The van der Waals surface area contributed by atoms with Crippen LogP contribution in [0.4, 0.5) is 5.69 Å². The van der Waals surface area contributed by atoms with Gasteiger partial charge in [-0.2, -0.15) is 0 Å². The van der Waals surface area contributed by atoms with Crippen molar-refractivity contribution in [2.75, 3.05) is 70.3 Å². The van der Waals surface area contributed by atoms with Gasteiger partial charge in [-0.25, -0.2) is 0 Å². The van der Waals surface area contributed by atoms with Crippen LogP contribution in [0.5, 0.6) is 0 Å². The van der Waals surface area contributed by atoms with E-state index in [4.69, 9.17) is 0 Å². The highest BCUT2D eigenvalue weighted by molar-refractivity contribution is 5.78. The van der Waals surface area contributed by atoms with Gasteiger partial charge in [0.05, 0.1) is 6.54 Å². The Hall–Kier alpha value is -2.37. The monoisotopic (exact) mass is 406 g/mol. The quantitative estimate of drug-likeness (QED) is 0.737. The minimum Gasteiger partial charge on any atom is -0.368 e. The lowest BCUT2D eigenvalue weighted by atomic mass is 10.1. The molecule has 2 saturated heterocycles. The van der Waals surface area contributed by atoms with Crippen molar-refractivity contribution < 1.29 is 4.79 Å². The van der Waals surface area contributed by atoms with Crippen LogP contribution in [-0.4, -0.2) is 86.1 Å². The summed E-state index contributed by atoms with van der Waals surface area (Å²) in [4.78, 5) is 22.1. The van der Waals surface area contributed by atoms with E-state index in [0.29, 0.717) is 6.54 Å². The molecule has 2 aromatic carbocycles. The van der Waals surface area contributed by atoms with Gasteiger partial charge in [-0.05, 0) is 36.6 Å². The molecule has 0 saturated carbocycles. The Bertz CT molecular complexity index is 809. The van der Waals surface area contributed by atoms with Gasteiger partial charge in [-0.15, -0.1) is 0 Å². The Kier molecular flexibility index (Phi) is 7.03. The summed E-state index contributed by atoms with van der Waals surface area (Å²) in [6.45, 7) is 11.4. The number of carbonyl (C=O) groups excluding carboxylic acids is 1. The van der Waals surface area contributed by atoms with E-state index in [1.54, 1.807) is 0 Å². The molecule has 2 heterocycles. The molecular formula is C25H34N4O. The summed E-state index contributed by atoms with van der Waals surface area (Å²) < 4.78 is 0. The van der Waals surface area contributed by atoms with Crippen molar-refractivity contribution in [3.8, 4) is 0 Å². The summed E-state index contributed by atoms with van der Waals surface area (Å²) in [7, 11) is 0. The van der Waals surface area contributed by atoms with E-state index < -0.39 is 0 Å². The second-order valence-corrected chi connectivity index (χ2v) is 8.56. The van der Waals surface area contributed by atoms with Gasteiger partial charge in [-0.1, -0.05) is 42.5 Å². The van der Waals surface area contributed by atoms with Crippen molar-refractivity contribution in [2.24, 2.45) is 0 Å². The molecule has 5 heteroatoms. The first-order chi connectivity index (χ1) is 14.7. The second kappa shape index (κ2) is 10.1. The van der Waals surface area contributed by atoms with E-state index in [1.165, 1.54) is 16.8 Å². The van der Waals surface area contributed by atoms with Crippen LogP contribution in [-0.2, 0) is 11.2 Å². The van der Waals surface area contributed by atoms with Gasteiger partial charge in [-0.3, -0.25) is 9.69 Å². The van der Waals surface area contributed by atoms with Crippen LogP contribution in [0.15, 0.2) is 54.6 Å². The molecule has 0 unspecified atom stereocenters. The highest BCUT2D eigenvalue weighted by Gasteiger charge is 2.24. The summed E-state index contributed by atoms with van der Waals surface area (Å²) in [5, 5.41) is 0. The van der Waals surface area contributed by atoms with Gasteiger partial charge < -0.3 is 14.7 Å². The fraction of sp³-hybridized carbons (Fsp3) is 0.480. The van der Waals surface area contributed by atoms with Crippen molar-refractivity contribution in [1.29, 1.82) is 0 Å². The molecule has 0 spiro atoms. The summed E-state index contributed by atoms with van der Waals surface area (Å²) >= 11 is 0. The van der Waals surface area contributed by atoms with Gasteiger partial charge in [0, 0.05) is 64.6 Å². The van der Waals surface area contributed by atoms with E-state index in [-0.39, 0.29) is 5.91 Å². The molecule has 160 valence electrons. The molecular weight excluding hydrogens is 372 g/mol. The predicted molar refractivity (Wildman–Crippen MR) is 123 cm³/mol. The number of rotatable bonds is 6. The molecule has 2 aliphatic rings. The zero-order valence-electron chi connectivity index (χ0n) is 18.2. The van der Waals surface area contributed by atoms with Crippen molar-refractivity contribution in [1.82, 2.24) is 14.7 Å². The van der Waals surface area contributed by atoms with E-state index in [1.807, 2.05) is 4.90 Å². The summed E-state index contributed by atoms with van der Waals surface area (Å²) in [6.07, 6.45) is 1.10. The summed E-state index contributed by atoms with van der Waals surface area (Å²) in [5.74, 6) is 0.289. The summed E-state index contributed by atoms with van der Waals surface area (Å²) in [6, 6.07) is 19.3. The number of benzene rings is 2. The lowest BCUT2D eigenvalue weighted by Gasteiger charge is -2.38. The molecule has 0 aromatic heterocycles. The van der Waals surface area contributed by atoms with E-state index >= 15 is 0 Å². The minimum absolute atomic E-state index is 0.289. The normalized spacial score (nSPS) is 18.6. The highest BCUT2D eigenvalue weighted by Crippen LogP contribution is 2.18. The van der Waals surface area contributed by atoms with Crippen LogP contribution in [0.2, 0.25) is 0 Å². The molecule has 5 nitrogen and oxygen atoms in total. The first-order valence-electron chi connectivity index (χ1n) is 11.3. The largest absolute Gasteiger partial charge is 0.368 e. The van der Waals surface area contributed by atoms with Crippen LogP contribution in [0, 0.1) is 6.92 Å². The smallest absolute Gasteiger partial charge is 0.236 e. The van der Waals surface area contributed by atoms with Gasteiger partial charge in [0.25, 0.3) is 0 Å². The van der Waals surface area contributed by atoms with Crippen LogP contribution in [0.25, 0.3) is 0 Å². The highest BCUT2D eigenvalue weighted by atomic mass is 16.2. The molecule has 0 N–H and O–H groups in total. The predicted octanol–water partition coefficient (Wildman–Crippen LogP) is 2.50. The third-order valence-electron chi connectivity index (χ3n) is 6.38. The summed E-state index contributed by atoms with van der Waals surface area (Å²) in [5.41, 5.74) is 3.96. The molecule has 1 amide bonds. The number of carbonyl (C=O) groups is 1. The van der Waals surface area contributed by atoms with Crippen molar-refractivity contribution >= 4 is 11.6 Å². The first-order valence-corrected chi connectivity index (χ1v) is 11.3. The Morgan fingerprint density at radius 3 is 2.20 bits per heavy atom. The Balaban J connectivity index is 1.16. The number of hydrogen-bond donors (Lipinski definition) is 0. The Morgan fingerprint density at radius 2 is 1.50 bits per heavy atom. The molecule has 30 heavy (non-hydrogen) atoms. The zero-order valence-corrected chi connectivity index (χ0v) is 18.2. The molecule has 2 aliphatic heterocycles. The number of anilines is 1. The number of nitrogens with zero attached hydrogens (tertiary/aromatic N) is 4. The number of amides is 1. The van der Waals surface area contributed by atoms with Gasteiger partial charge >= 0.3 is 0 Å². The van der Waals surface area contributed by atoms with Crippen LogP contribution in [0.1, 0.15) is 11.1 Å². The molecule has 0 aliphatic carbocycles. The SMILES string of the molecule is Cc1cccc(N2CCN(C(=O)CN3CCN(CCc4ccccc4)CC3)CC2)c1. The van der Waals surface area contributed by atoms with E-state index in [2.05, 4.69) is 76.2 Å². The average Bonchev–Trinajstić information content (AvgIpc) is 2.79. The third-order valence-corrected chi connectivity index (χ3v) is 6.38. The second-order valence-electron chi connectivity index (χ2n) is 8.56. The van der Waals surface area contributed by atoms with E-state index in [0.717, 1.165) is 65.3 Å². The molecule has 0 radical (unpaired) electrons. The third kappa shape index (κ3) is 5.61. The maximum Gasteiger partial charge on any atom is 0.236 e. The number of piperazine rings is 2. The van der Waals surface area contributed by atoms with E-state index in [9.17, 15) is 4.79 Å². The van der Waals surface area contributed by atoms with Gasteiger partial charge in [0.1, 0.15) is 0 Å². The van der Waals surface area contributed by atoms with Crippen molar-refractivity contribution in [2.45, 2.75) is 13.3 Å². The topological polar surface area (TPSA) is 30.0 Å². The van der Waals surface area contributed by atoms with Crippen molar-refractivity contribution in [3.63, 3.8) is 0 Å². The number of hydrogen-bond acceptors (Lipinski definition) is 4. The molecule has 2 aromatic rings. The standard InChI is InChI=1S/C25H34N4O/c1-22-6-5-9-24(20-22)28-16-18-29(19-17-28)25(30)21-27-14-12-26(13-15-27)11-10-23-7-3-2-4-8-23/h2-9,20H,10-19,21H2,1H3. The minimum atomic E-state index is 0.289. The van der Waals surface area contributed by atoms with Crippen LogP contribution >= 0.6 is 0 Å². The zero-order chi connectivity index (χ0) is 20.8. The fourth-order valence-corrected chi connectivity index (χ4v) is 4.43. The lowest BCUT2D eigenvalue weighted by molar-refractivity contribution is -0.133. The van der Waals surface area contributed by atoms with Crippen LogP contribution in [0.3, 0.4) is 0 Å². The van der Waals surface area contributed by atoms with Gasteiger partial charge in [0.15, 0.2) is 0 Å². The van der Waals surface area contributed by atoms with Crippen molar-refractivity contribution in [3.05, 3.63) is 65.7 Å². The molecule has 4 rings (SSSR count). The van der Waals surface area contributed by atoms with Gasteiger partial charge in [0.2, 0.25) is 5.91 Å². The molecule has 2 fully saturated rings. The van der Waals surface area contributed by atoms with Crippen LogP contribution < -0.4 is 4.90 Å². The number of aryl methyl sites for hydroxylation is 1. The maximum absolute atomic E-state index is 12.8. The lowest BCUT2D eigenvalue weighted by Crippen LogP contribution is -2.54.